The number of ether oxygens (including phenoxy) is 1. The zero-order valence-corrected chi connectivity index (χ0v) is 9.69. The molecule has 0 saturated carbocycles. The van der Waals surface area contributed by atoms with Gasteiger partial charge in [-0.2, -0.15) is 11.3 Å². The van der Waals surface area contributed by atoms with Crippen LogP contribution in [0.2, 0.25) is 0 Å². The Bertz CT molecular complexity index is 283. The van der Waals surface area contributed by atoms with E-state index in [-0.39, 0.29) is 11.4 Å². The molecule has 78 valence electrons. The number of rotatable bonds is 3. The van der Waals surface area contributed by atoms with E-state index in [1.807, 2.05) is 5.38 Å². The van der Waals surface area contributed by atoms with Gasteiger partial charge in [-0.25, -0.2) is 4.79 Å². The Morgan fingerprint density at radius 2 is 2.21 bits per heavy atom. The van der Waals surface area contributed by atoms with Gasteiger partial charge in [-0.3, -0.25) is 0 Å². The molecule has 0 unspecified atom stereocenters. The Balaban J connectivity index is 2.30. The van der Waals surface area contributed by atoms with Gasteiger partial charge in [-0.05, 0) is 23.3 Å². The van der Waals surface area contributed by atoms with Crippen LogP contribution in [0.3, 0.4) is 0 Å². The van der Waals surface area contributed by atoms with Gasteiger partial charge in [0, 0.05) is 5.38 Å². The summed E-state index contributed by atoms with van der Waals surface area (Å²) in [6.45, 7) is 6.89. The number of carbonyl (C=O) groups excluding carboxylic acids is 1. The van der Waals surface area contributed by atoms with E-state index in [1.54, 1.807) is 11.4 Å². The molecule has 3 heteroatoms. The van der Waals surface area contributed by atoms with Crippen molar-refractivity contribution in [1.82, 2.24) is 0 Å². The van der Waals surface area contributed by atoms with Crippen molar-refractivity contribution in [2.24, 2.45) is 5.41 Å². The molecule has 1 rings (SSSR count). The quantitative estimate of drug-likeness (QED) is 0.718. The van der Waals surface area contributed by atoms with Crippen LogP contribution in [-0.4, -0.2) is 12.6 Å². The first kappa shape index (κ1) is 11.2. The van der Waals surface area contributed by atoms with E-state index in [0.29, 0.717) is 12.2 Å². The highest BCUT2D eigenvalue weighted by atomic mass is 32.1. The molecule has 14 heavy (non-hydrogen) atoms. The van der Waals surface area contributed by atoms with Gasteiger partial charge in [0.15, 0.2) is 0 Å². The lowest BCUT2D eigenvalue weighted by atomic mass is 9.93. The van der Waals surface area contributed by atoms with Crippen LogP contribution in [0.15, 0.2) is 16.8 Å². The second-order valence-electron chi connectivity index (χ2n) is 4.46. The molecular formula is C11H16O2S. The van der Waals surface area contributed by atoms with Crippen molar-refractivity contribution in [1.29, 1.82) is 0 Å². The second-order valence-corrected chi connectivity index (χ2v) is 5.24. The molecule has 0 aromatic carbocycles. The molecule has 0 atom stereocenters. The normalized spacial score (nSPS) is 11.4. The Labute approximate surface area is 88.9 Å². The number of hydrogen-bond donors (Lipinski definition) is 0. The lowest BCUT2D eigenvalue weighted by Gasteiger charge is -2.17. The van der Waals surface area contributed by atoms with Crippen LogP contribution in [0.4, 0.5) is 0 Å². The van der Waals surface area contributed by atoms with Crippen LogP contribution < -0.4 is 0 Å². The van der Waals surface area contributed by atoms with Crippen molar-refractivity contribution >= 4 is 17.3 Å². The lowest BCUT2D eigenvalue weighted by Crippen LogP contribution is -2.12. The van der Waals surface area contributed by atoms with Gasteiger partial charge < -0.3 is 4.74 Å². The molecule has 0 bridgehead atoms. The van der Waals surface area contributed by atoms with Crippen LogP contribution in [0.25, 0.3) is 0 Å². The monoisotopic (exact) mass is 212 g/mol. The molecule has 0 aliphatic rings. The Morgan fingerprint density at radius 1 is 1.50 bits per heavy atom. The third-order valence-corrected chi connectivity index (χ3v) is 2.53. The van der Waals surface area contributed by atoms with Gasteiger partial charge in [-0.15, -0.1) is 0 Å². The molecule has 0 saturated heterocycles. The predicted molar refractivity (Wildman–Crippen MR) is 58.7 cm³/mol. The third kappa shape index (κ3) is 3.92. The fraction of sp³-hybridized carbons (Fsp3) is 0.545. The maximum Gasteiger partial charge on any atom is 0.338 e. The molecule has 1 aromatic heterocycles. The molecule has 0 aliphatic heterocycles. The van der Waals surface area contributed by atoms with Crippen molar-refractivity contribution in [3.63, 3.8) is 0 Å². The summed E-state index contributed by atoms with van der Waals surface area (Å²) in [5, 5.41) is 3.68. The Kier molecular flexibility index (Phi) is 3.69. The summed E-state index contributed by atoms with van der Waals surface area (Å²) in [5.74, 6) is -0.212. The van der Waals surface area contributed by atoms with Crippen LogP contribution >= 0.6 is 11.3 Å². The van der Waals surface area contributed by atoms with E-state index in [2.05, 4.69) is 20.8 Å². The molecule has 0 amide bonds. The summed E-state index contributed by atoms with van der Waals surface area (Å²) in [6.07, 6.45) is 0.892. The first-order chi connectivity index (χ1) is 6.49. The molecule has 0 N–H and O–H groups in total. The summed E-state index contributed by atoms with van der Waals surface area (Å²) in [6, 6.07) is 1.78. The maximum atomic E-state index is 11.4. The first-order valence-electron chi connectivity index (χ1n) is 4.68. The highest BCUT2D eigenvalue weighted by Gasteiger charge is 2.12. The van der Waals surface area contributed by atoms with Crippen LogP contribution in [0, 0.1) is 5.41 Å². The minimum absolute atomic E-state index is 0.212. The molecule has 1 heterocycles. The zero-order chi connectivity index (χ0) is 10.6. The van der Waals surface area contributed by atoms with Gasteiger partial charge in [0.2, 0.25) is 0 Å². The highest BCUT2D eigenvalue weighted by molar-refractivity contribution is 7.08. The molecule has 0 fully saturated rings. The van der Waals surface area contributed by atoms with Crippen molar-refractivity contribution in [3.05, 3.63) is 22.4 Å². The molecule has 1 aromatic rings. The number of carbonyl (C=O) groups is 1. The fourth-order valence-electron chi connectivity index (χ4n) is 0.914. The first-order valence-corrected chi connectivity index (χ1v) is 5.63. The van der Waals surface area contributed by atoms with Crippen molar-refractivity contribution in [3.8, 4) is 0 Å². The van der Waals surface area contributed by atoms with E-state index >= 15 is 0 Å². The predicted octanol–water partition coefficient (Wildman–Crippen LogP) is 3.34. The Hall–Kier alpha value is -0.830. The number of hydrogen-bond acceptors (Lipinski definition) is 3. The smallest absolute Gasteiger partial charge is 0.338 e. The molecule has 0 spiro atoms. The minimum Gasteiger partial charge on any atom is -0.462 e. The van der Waals surface area contributed by atoms with E-state index in [1.165, 1.54) is 11.3 Å². The SMILES string of the molecule is CC(C)(C)CCOC(=O)c1ccsc1. The van der Waals surface area contributed by atoms with Gasteiger partial charge in [0.25, 0.3) is 0 Å². The standard InChI is InChI=1S/C11H16O2S/c1-11(2,3)5-6-13-10(12)9-4-7-14-8-9/h4,7-8H,5-6H2,1-3H3. The van der Waals surface area contributed by atoms with Crippen LogP contribution in [0.1, 0.15) is 37.6 Å². The average Bonchev–Trinajstić information content (AvgIpc) is 2.53. The van der Waals surface area contributed by atoms with E-state index in [4.69, 9.17) is 4.74 Å². The average molecular weight is 212 g/mol. The molecular weight excluding hydrogens is 196 g/mol. The third-order valence-electron chi connectivity index (χ3n) is 1.84. The summed E-state index contributed by atoms with van der Waals surface area (Å²) >= 11 is 1.51. The second kappa shape index (κ2) is 4.60. The van der Waals surface area contributed by atoms with Gasteiger partial charge in [0.1, 0.15) is 0 Å². The topological polar surface area (TPSA) is 26.3 Å². The largest absolute Gasteiger partial charge is 0.462 e. The van der Waals surface area contributed by atoms with E-state index in [9.17, 15) is 4.79 Å². The van der Waals surface area contributed by atoms with Crippen LogP contribution in [0.5, 0.6) is 0 Å². The van der Waals surface area contributed by atoms with Gasteiger partial charge >= 0.3 is 5.97 Å². The van der Waals surface area contributed by atoms with Crippen LogP contribution in [-0.2, 0) is 4.74 Å². The van der Waals surface area contributed by atoms with E-state index < -0.39 is 0 Å². The fourth-order valence-corrected chi connectivity index (χ4v) is 1.54. The zero-order valence-electron chi connectivity index (χ0n) is 8.87. The van der Waals surface area contributed by atoms with Gasteiger partial charge in [-0.1, -0.05) is 20.8 Å². The summed E-state index contributed by atoms with van der Waals surface area (Å²) in [7, 11) is 0. The number of thiophene rings is 1. The van der Waals surface area contributed by atoms with E-state index in [0.717, 1.165) is 6.42 Å². The molecule has 0 aliphatic carbocycles. The number of esters is 1. The van der Waals surface area contributed by atoms with Crippen molar-refractivity contribution < 1.29 is 9.53 Å². The maximum absolute atomic E-state index is 11.4. The minimum atomic E-state index is -0.212. The molecule has 0 radical (unpaired) electrons. The van der Waals surface area contributed by atoms with Crippen molar-refractivity contribution in [2.75, 3.05) is 6.61 Å². The molecule has 2 nitrogen and oxygen atoms in total. The lowest BCUT2D eigenvalue weighted by molar-refractivity contribution is 0.0465. The summed E-state index contributed by atoms with van der Waals surface area (Å²) in [4.78, 5) is 11.4. The summed E-state index contributed by atoms with van der Waals surface area (Å²) < 4.78 is 5.13. The highest BCUT2D eigenvalue weighted by Crippen LogP contribution is 2.18. The van der Waals surface area contributed by atoms with Gasteiger partial charge in [0.05, 0.1) is 12.2 Å². The van der Waals surface area contributed by atoms with Crippen molar-refractivity contribution in [2.45, 2.75) is 27.2 Å². The summed E-state index contributed by atoms with van der Waals surface area (Å²) in [5.41, 5.74) is 0.874. The Morgan fingerprint density at radius 3 is 2.71 bits per heavy atom.